The van der Waals surface area contributed by atoms with Crippen molar-refractivity contribution in [3.63, 3.8) is 0 Å². The summed E-state index contributed by atoms with van der Waals surface area (Å²) in [6.45, 7) is 6.37. The van der Waals surface area contributed by atoms with Gasteiger partial charge < -0.3 is 9.84 Å². The van der Waals surface area contributed by atoms with Crippen LogP contribution in [-0.4, -0.2) is 23.1 Å². The highest BCUT2D eigenvalue weighted by Gasteiger charge is 2.48. The minimum atomic E-state index is -0.877. The molecule has 0 heterocycles. The predicted octanol–water partition coefficient (Wildman–Crippen LogP) is 11.6. The smallest absolute Gasteiger partial charge is 0.312 e. The van der Waals surface area contributed by atoms with Crippen molar-refractivity contribution in [2.24, 2.45) is 11.3 Å². The summed E-state index contributed by atoms with van der Waals surface area (Å²) in [5.41, 5.74) is -0.877. The molecule has 1 aliphatic carbocycles. The summed E-state index contributed by atoms with van der Waals surface area (Å²) in [7, 11) is 0. The van der Waals surface area contributed by atoms with Crippen LogP contribution in [0.2, 0.25) is 0 Å². The summed E-state index contributed by atoms with van der Waals surface area (Å²) >= 11 is 0. The molecule has 3 atom stereocenters. The minimum Gasteiger partial charge on any atom is -0.481 e. The van der Waals surface area contributed by atoms with Gasteiger partial charge in [0.05, 0.1) is 11.3 Å². The SMILES string of the molecule is CCCCCCCCCCCCCCCCCC(CCCCCCCCC)OC(=O)C1(C)CCCCC1C(=O)O. The van der Waals surface area contributed by atoms with Crippen molar-refractivity contribution in [2.45, 2.75) is 207 Å². The van der Waals surface area contributed by atoms with Gasteiger partial charge in [-0.25, -0.2) is 0 Å². The van der Waals surface area contributed by atoms with Crippen molar-refractivity contribution < 1.29 is 19.4 Å². The van der Waals surface area contributed by atoms with Gasteiger partial charge in [-0.1, -0.05) is 155 Å². The number of rotatable bonds is 27. The van der Waals surface area contributed by atoms with E-state index in [2.05, 4.69) is 13.8 Å². The molecule has 1 N–H and O–H groups in total. The van der Waals surface area contributed by atoms with Gasteiger partial charge in [0, 0.05) is 0 Å². The van der Waals surface area contributed by atoms with Crippen LogP contribution in [0.15, 0.2) is 0 Å². The second-order valence-corrected chi connectivity index (χ2v) is 13.2. The van der Waals surface area contributed by atoms with Crippen LogP contribution in [0.3, 0.4) is 0 Å². The molecule has 1 saturated carbocycles. The minimum absolute atomic E-state index is 0.0571. The Bertz CT molecular complexity index is 618. The van der Waals surface area contributed by atoms with Crippen LogP contribution in [0.4, 0.5) is 0 Å². The summed E-state index contributed by atoms with van der Waals surface area (Å²) in [4.78, 5) is 25.2. The molecule has 0 bridgehead atoms. The van der Waals surface area contributed by atoms with E-state index in [9.17, 15) is 14.7 Å². The molecule has 0 aliphatic heterocycles. The fourth-order valence-electron chi connectivity index (χ4n) is 6.59. The van der Waals surface area contributed by atoms with E-state index in [-0.39, 0.29) is 12.1 Å². The Morgan fingerprint density at radius 3 is 1.40 bits per heavy atom. The van der Waals surface area contributed by atoms with Crippen LogP contribution in [0.5, 0.6) is 0 Å². The summed E-state index contributed by atoms with van der Waals surface area (Å²) in [6, 6.07) is 0. The summed E-state index contributed by atoms with van der Waals surface area (Å²) < 4.78 is 6.14. The molecule has 0 aromatic carbocycles. The zero-order valence-corrected chi connectivity index (χ0v) is 27.1. The number of hydrogen-bond acceptors (Lipinski definition) is 3. The molecule has 0 spiro atoms. The van der Waals surface area contributed by atoms with Crippen molar-refractivity contribution in [3.8, 4) is 0 Å². The van der Waals surface area contributed by atoms with Gasteiger partial charge in [0.15, 0.2) is 0 Å². The fraction of sp³-hybridized carbons (Fsp3) is 0.944. The molecule has 0 aromatic rings. The number of ether oxygens (including phenoxy) is 1. The van der Waals surface area contributed by atoms with Crippen LogP contribution >= 0.6 is 0 Å². The Balaban J connectivity index is 2.31. The molecule has 3 unspecified atom stereocenters. The van der Waals surface area contributed by atoms with E-state index < -0.39 is 17.3 Å². The lowest BCUT2D eigenvalue weighted by Crippen LogP contribution is -2.44. The van der Waals surface area contributed by atoms with Gasteiger partial charge in [-0.05, 0) is 45.4 Å². The zero-order chi connectivity index (χ0) is 29.3. The van der Waals surface area contributed by atoms with E-state index in [0.29, 0.717) is 12.8 Å². The number of hydrogen-bond donors (Lipinski definition) is 1. The molecule has 1 aliphatic rings. The van der Waals surface area contributed by atoms with Crippen LogP contribution in [0.1, 0.15) is 201 Å². The van der Waals surface area contributed by atoms with E-state index >= 15 is 0 Å². The van der Waals surface area contributed by atoms with E-state index in [0.717, 1.165) is 38.5 Å². The largest absolute Gasteiger partial charge is 0.481 e. The molecule has 236 valence electrons. The molecular formula is C36H68O4. The molecule has 1 fully saturated rings. The second kappa shape index (κ2) is 24.5. The molecule has 0 aromatic heterocycles. The Morgan fingerprint density at radius 2 is 1.02 bits per heavy atom. The molecule has 4 nitrogen and oxygen atoms in total. The molecule has 0 amide bonds. The highest BCUT2D eigenvalue weighted by molar-refractivity contribution is 5.84. The fourth-order valence-corrected chi connectivity index (χ4v) is 6.59. The summed E-state index contributed by atoms with van der Waals surface area (Å²) in [5.74, 6) is -1.71. The Hall–Kier alpha value is -1.06. The lowest BCUT2D eigenvalue weighted by Gasteiger charge is -2.37. The van der Waals surface area contributed by atoms with E-state index in [1.807, 2.05) is 6.92 Å². The number of carboxylic acid groups (broad SMARTS) is 1. The highest BCUT2D eigenvalue weighted by atomic mass is 16.5. The highest BCUT2D eigenvalue weighted by Crippen LogP contribution is 2.42. The third-order valence-electron chi connectivity index (χ3n) is 9.51. The average Bonchev–Trinajstić information content (AvgIpc) is 2.94. The van der Waals surface area contributed by atoms with E-state index in [1.165, 1.54) is 128 Å². The third kappa shape index (κ3) is 17.0. The zero-order valence-electron chi connectivity index (χ0n) is 27.1. The van der Waals surface area contributed by atoms with Crippen molar-refractivity contribution >= 4 is 11.9 Å². The predicted molar refractivity (Wildman–Crippen MR) is 170 cm³/mol. The lowest BCUT2D eigenvalue weighted by molar-refractivity contribution is -0.174. The molecule has 0 radical (unpaired) electrons. The Morgan fingerprint density at radius 1 is 0.650 bits per heavy atom. The van der Waals surface area contributed by atoms with Crippen LogP contribution in [0, 0.1) is 11.3 Å². The van der Waals surface area contributed by atoms with Gasteiger partial charge in [-0.2, -0.15) is 0 Å². The number of unbranched alkanes of at least 4 members (excludes halogenated alkanes) is 20. The maximum absolute atomic E-state index is 13.3. The monoisotopic (exact) mass is 565 g/mol. The molecule has 1 rings (SSSR count). The molecule has 0 saturated heterocycles. The topological polar surface area (TPSA) is 63.6 Å². The first-order valence-electron chi connectivity index (χ1n) is 17.9. The molecule has 40 heavy (non-hydrogen) atoms. The quantitative estimate of drug-likeness (QED) is 0.0796. The molecular weight excluding hydrogens is 496 g/mol. The van der Waals surface area contributed by atoms with E-state index in [4.69, 9.17) is 4.74 Å². The van der Waals surface area contributed by atoms with Gasteiger partial charge in [0.2, 0.25) is 0 Å². The van der Waals surface area contributed by atoms with Gasteiger partial charge in [-0.3, -0.25) is 9.59 Å². The first-order valence-corrected chi connectivity index (χ1v) is 17.9. The average molecular weight is 565 g/mol. The van der Waals surface area contributed by atoms with Crippen molar-refractivity contribution in [3.05, 3.63) is 0 Å². The van der Waals surface area contributed by atoms with Gasteiger partial charge >= 0.3 is 11.9 Å². The first-order chi connectivity index (χ1) is 19.5. The lowest BCUT2D eigenvalue weighted by atomic mass is 9.67. The van der Waals surface area contributed by atoms with Gasteiger partial charge in [0.1, 0.15) is 6.10 Å². The van der Waals surface area contributed by atoms with Crippen molar-refractivity contribution in [1.29, 1.82) is 0 Å². The van der Waals surface area contributed by atoms with E-state index in [1.54, 1.807) is 0 Å². The first kappa shape index (κ1) is 37.0. The summed E-state index contributed by atoms with van der Waals surface area (Å²) in [6.07, 6.45) is 33.8. The standard InChI is InChI=1S/C36H68O4/c1-4-6-8-10-12-13-14-15-16-17-18-19-21-23-25-29-32(28-24-22-20-11-9-7-5-2)40-35(39)36(3)31-27-26-30-33(36)34(37)38/h32-33H,4-31H2,1-3H3,(H,37,38). The maximum Gasteiger partial charge on any atom is 0.312 e. The Kier molecular flexibility index (Phi) is 22.7. The second-order valence-electron chi connectivity index (χ2n) is 13.2. The van der Waals surface area contributed by atoms with Gasteiger partial charge in [-0.15, -0.1) is 0 Å². The van der Waals surface area contributed by atoms with Crippen molar-refractivity contribution in [1.82, 2.24) is 0 Å². The van der Waals surface area contributed by atoms with Crippen molar-refractivity contribution in [2.75, 3.05) is 0 Å². The van der Waals surface area contributed by atoms with Gasteiger partial charge in [0.25, 0.3) is 0 Å². The number of carbonyl (C=O) groups is 2. The molecule has 4 heteroatoms. The maximum atomic E-state index is 13.3. The number of aliphatic carboxylic acids is 1. The third-order valence-corrected chi connectivity index (χ3v) is 9.51. The normalized spacial score (nSPS) is 19.9. The van der Waals surface area contributed by atoms with Crippen LogP contribution in [0.25, 0.3) is 0 Å². The summed E-state index contributed by atoms with van der Waals surface area (Å²) in [5, 5.41) is 9.76. The number of carboxylic acids is 1. The Labute approximate surface area is 249 Å². The van der Waals surface area contributed by atoms with Crippen LogP contribution < -0.4 is 0 Å². The number of carbonyl (C=O) groups excluding carboxylic acids is 1. The number of esters is 1. The van der Waals surface area contributed by atoms with Crippen LogP contribution in [-0.2, 0) is 14.3 Å².